The lowest BCUT2D eigenvalue weighted by Crippen LogP contribution is -1.96. The minimum absolute atomic E-state index is 0.273. The predicted molar refractivity (Wildman–Crippen MR) is 68.2 cm³/mol. The number of hydrogen-bond acceptors (Lipinski definition) is 0. The minimum Gasteiger partial charge on any atom is -0.110 e. The molecule has 0 fully saturated rings. The van der Waals surface area contributed by atoms with E-state index in [1.54, 1.807) is 0 Å². The van der Waals surface area contributed by atoms with Gasteiger partial charge in [0.15, 0.2) is 0 Å². The first-order valence-electron chi connectivity index (χ1n) is 4.19. The number of unbranched alkanes of at least 4 members (excludes halogenated alkanes) is 1. The monoisotopic (exact) mass is 228 g/mol. The molecule has 5 unspecified atom stereocenters. The third-order valence-electron chi connectivity index (χ3n) is 1.72. The molecule has 0 spiro atoms. The van der Waals surface area contributed by atoms with Crippen molar-refractivity contribution in [3.8, 4) is 0 Å². The fourth-order valence-electron chi connectivity index (χ4n) is 1.03. The van der Waals surface area contributed by atoms with Crippen molar-refractivity contribution in [2.75, 3.05) is 6.16 Å². The van der Waals surface area contributed by atoms with Crippen molar-refractivity contribution in [2.24, 2.45) is 5.92 Å². The lowest BCUT2D eigenvalue weighted by atomic mass is 10.1. The quantitative estimate of drug-likeness (QED) is 0.588. The van der Waals surface area contributed by atoms with Crippen LogP contribution in [0.5, 0.6) is 0 Å². The van der Waals surface area contributed by atoms with E-state index in [1.165, 1.54) is 25.4 Å². The van der Waals surface area contributed by atoms with Crippen molar-refractivity contribution in [2.45, 2.75) is 33.1 Å². The largest absolute Gasteiger partial charge is 0.110 e. The third kappa shape index (κ3) is 8.06. The Morgan fingerprint density at radius 2 is 2.18 bits per heavy atom. The van der Waals surface area contributed by atoms with Gasteiger partial charge in [-0.3, -0.25) is 0 Å². The van der Waals surface area contributed by atoms with Gasteiger partial charge in [0, 0.05) is 0 Å². The molecule has 0 bridgehead atoms. The summed E-state index contributed by atoms with van der Waals surface area (Å²) in [6.07, 6.45) is 5.64. The van der Waals surface area contributed by atoms with Crippen LogP contribution in [0, 0.1) is 5.92 Å². The number of rotatable bonds is 6. The summed E-state index contributed by atoms with van der Waals surface area (Å²) in [5.41, 5.74) is 0. The Morgan fingerprint density at radius 3 is 2.64 bits per heavy atom. The van der Waals surface area contributed by atoms with Gasteiger partial charge in [-0.15, -0.1) is 17.9 Å². The van der Waals surface area contributed by atoms with Crippen LogP contribution < -0.4 is 0 Å². The first-order valence-corrected chi connectivity index (χ1v) is 11.0. The van der Waals surface area contributed by atoms with E-state index >= 15 is 0 Å². The van der Waals surface area contributed by atoms with Gasteiger partial charge in [-0.05, 0) is 12.1 Å². The summed E-state index contributed by atoms with van der Waals surface area (Å²) >= 11 is 0. The summed E-state index contributed by atoms with van der Waals surface area (Å²) in [5.74, 6) is 0.951. The van der Waals surface area contributed by atoms with Gasteiger partial charge in [0.2, 0.25) is 0 Å². The summed E-state index contributed by atoms with van der Waals surface area (Å²) in [5, 5.41) is 0. The molecule has 0 rings (SSSR count). The molecule has 0 saturated carbocycles. The lowest BCUT2D eigenvalue weighted by molar-refractivity contribution is 0.557. The van der Waals surface area contributed by atoms with Crippen LogP contribution in [0.3, 0.4) is 0 Å². The van der Waals surface area contributed by atoms with E-state index in [1.807, 2.05) is 0 Å². The molecule has 11 heavy (non-hydrogen) atoms. The van der Waals surface area contributed by atoms with Crippen molar-refractivity contribution in [3.05, 3.63) is 0 Å². The smallest absolute Gasteiger partial charge is 0.0226 e. The van der Waals surface area contributed by atoms with Gasteiger partial charge in [-0.2, -0.15) is 0 Å². The maximum atomic E-state index is 3.00. The first-order chi connectivity index (χ1) is 5.20. The molecule has 0 nitrogen and oxygen atoms in total. The third-order valence-corrected chi connectivity index (χ3v) is 12.3. The minimum atomic E-state index is 0.273. The van der Waals surface area contributed by atoms with Crippen LogP contribution in [0.1, 0.15) is 33.1 Å². The summed E-state index contributed by atoms with van der Waals surface area (Å²) in [6, 6.07) is 0. The molecule has 0 saturated heterocycles. The maximum absolute atomic E-state index is 3.00. The SMILES string of the molecule is CCCCC(C)CP(P)PP. The standard InChI is InChI=1S/C7H20P4/c1-3-4-5-7(2)6-11(9)10-8/h7,10H,3-6,8-9H2,1-2H3. The van der Waals surface area contributed by atoms with E-state index in [0.29, 0.717) is 0 Å². The summed E-state index contributed by atoms with van der Waals surface area (Å²) in [6.45, 7) is 4.66. The Morgan fingerprint density at radius 1 is 1.55 bits per heavy atom. The zero-order valence-corrected chi connectivity index (χ0v) is 11.7. The Balaban J connectivity index is 3.27. The van der Waals surface area contributed by atoms with E-state index in [2.05, 4.69) is 31.7 Å². The molecule has 0 aromatic heterocycles. The van der Waals surface area contributed by atoms with Gasteiger partial charge in [0.25, 0.3) is 0 Å². The van der Waals surface area contributed by atoms with Crippen LogP contribution in [0.2, 0.25) is 0 Å². The molecule has 68 valence electrons. The van der Waals surface area contributed by atoms with E-state index in [-0.39, 0.29) is 7.30 Å². The maximum Gasteiger partial charge on any atom is -0.0226 e. The van der Waals surface area contributed by atoms with Gasteiger partial charge >= 0.3 is 0 Å². The molecule has 0 aliphatic rings. The zero-order chi connectivity index (χ0) is 8.69. The van der Waals surface area contributed by atoms with Gasteiger partial charge in [-0.25, -0.2) is 0 Å². The van der Waals surface area contributed by atoms with Crippen molar-refractivity contribution >= 4 is 33.1 Å². The Labute approximate surface area is 78.7 Å². The Hall–Kier alpha value is 1.72. The summed E-state index contributed by atoms with van der Waals surface area (Å²) < 4.78 is 0. The molecule has 0 radical (unpaired) electrons. The second-order valence-corrected chi connectivity index (χ2v) is 12.8. The van der Waals surface area contributed by atoms with Crippen LogP contribution in [-0.2, 0) is 0 Å². The highest BCUT2D eigenvalue weighted by Crippen LogP contribution is 2.66. The second-order valence-electron chi connectivity index (χ2n) is 3.03. The molecule has 0 aliphatic carbocycles. The number of hydrogen-bond donors (Lipinski definition) is 0. The summed E-state index contributed by atoms with van der Waals surface area (Å²) in [4.78, 5) is 0. The fraction of sp³-hybridized carbons (Fsp3) is 1.00. The molecular weight excluding hydrogens is 208 g/mol. The average Bonchev–Trinajstić information content (AvgIpc) is 2.00. The van der Waals surface area contributed by atoms with Crippen LogP contribution in [0.15, 0.2) is 0 Å². The fourth-order valence-corrected chi connectivity index (χ4v) is 5.27. The normalized spacial score (nSPS) is 17.5. The lowest BCUT2D eigenvalue weighted by Gasteiger charge is -2.15. The van der Waals surface area contributed by atoms with Gasteiger partial charge < -0.3 is 0 Å². The Bertz CT molecular complexity index is 86.5. The van der Waals surface area contributed by atoms with E-state index < -0.39 is 0 Å². The molecule has 0 N–H and O–H groups in total. The highest BCUT2D eigenvalue weighted by Gasteiger charge is 2.05. The molecule has 5 atom stereocenters. The molecule has 0 aromatic carbocycles. The van der Waals surface area contributed by atoms with Crippen LogP contribution >= 0.6 is 33.1 Å². The van der Waals surface area contributed by atoms with Gasteiger partial charge in [0.1, 0.15) is 0 Å². The van der Waals surface area contributed by atoms with Crippen molar-refractivity contribution in [1.29, 1.82) is 0 Å². The summed E-state index contributed by atoms with van der Waals surface area (Å²) in [7, 11) is 7.22. The Kier molecular flexibility index (Phi) is 9.63. The van der Waals surface area contributed by atoms with Gasteiger partial charge in [0.05, 0.1) is 0 Å². The molecule has 0 heterocycles. The van der Waals surface area contributed by atoms with Crippen LogP contribution in [-0.4, -0.2) is 6.16 Å². The molecular formula is C7H20P4. The molecule has 0 aliphatic heterocycles. The van der Waals surface area contributed by atoms with Crippen molar-refractivity contribution in [3.63, 3.8) is 0 Å². The van der Waals surface area contributed by atoms with Crippen molar-refractivity contribution in [1.82, 2.24) is 0 Å². The second kappa shape index (κ2) is 8.32. The average molecular weight is 228 g/mol. The van der Waals surface area contributed by atoms with Crippen LogP contribution in [0.25, 0.3) is 0 Å². The molecule has 0 amide bonds. The predicted octanol–water partition coefficient (Wildman–Crippen LogP) is 4.47. The zero-order valence-electron chi connectivity index (χ0n) is 7.51. The van der Waals surface area contributed by atoms with Crippen LogP contribution in [0.4, 0.5) is 0 Å². The van der Waals surface area contributed by atoms with E-state index in [9.17, 15) is 0 Å². The first kappa shape index (κ1) is 12.7. The van der Waals surface area contributed by atoms with Gasteiger partial charge in [-0.1, -0.05) is 48.4 Å². The van der Waals surface area contributed by atoms with E-state index in [4.69, 9.17) is 0 Å². The highest BCUT2D eigenvalue weighted by atomic mass is 32.6. The van der Waals surface area contributed by atoms with Crippen molar-refractivity contribution < 1.29 is 0 Å². The topological polar surface area (TPSA) is 0 Å². The highest BCUT2D eigenvalue weighted by molar-refractivity contribution is 8.61. The van der Waals surface area contributed by atoms with E-state index in [0.717, 1.165) is 13.9 Å². The molecule has 0 aromatic rings. The molecule has 4 heteroatoms.